The predicted molar refractivity (Wildman–Crippen MR) is 87.8 cm³/mol. The molecule has 2 aromatic carbocycles. The van der Waals surface area contributed by atoms with Crippen LogP contribution in [0.4, 0.5) is 23.2 Å². The molecular formula is C18H17F4NO3. The van der Waals surface area contributed by atoms with Gasteiger partial charge in [-0.25, -0.2) is 8.78 Å². The molecule has 0 atom stereocenters. The van der Waals surface area contributed by atoms with Crippen LogP contribution < -0.4 is 10.1 Å². The smallest absolute Gasteiger partial charge is 0.387 e. The van der Waals surface area contributed by atoms with Gasteiger partial charge in [0.15, 0.2) is 0 Å². The van der Waals surface area contributed by atoms with Crippen LogP contribution in [0, 0.1) is 11.6 Å². The fourth-order valence-corrected chi connectivity index (χ4v) is 2.23. The second-order valence-electron chi connectivity index (χ2n) is 6.58. The standard InChI is InChI=1S/C18H17F4NO3/c1-18(2,3)9-4-5-14(24)13(6-9)23-16(25)15-11(19)7-10(8-12(15)20)26-17(21)22/h4-8,17,24H,1-3H3,(H,23,25). The molecular weight excluding hydrogens is 354 g/mol. The third-order valence-corrected chi connectivity index (χ3v) is 3.58. The molecule has 0 spiro atoms. The number of benzene rings is 2. The van der Waals surface area contributed by atoms with E-state index in [-0.39, 0.29) is 16.9 Å². The van der Waals surface area contributed by atoms with Gasteiger partial charge >= 0.3 is 6.61 Å². The zero-order chi connectivity index (χ0) is 19.6. The van der Waals surface area contributed by atoms with Gasteiger partial charge in [0, 0.05) is 12.1 Å². The van der Waals surface area contributed by atoms with Crippen molar-refractivity contribution in [2.24, 2.45) is 0 Å². The fourth-order valence-electron chi connectivity index (χ4n) is 2.23. The number of carbonyl (C=O) groups is 1. The summed E-state index contributed by atoms with van der Waals surface area (Å²) in [5.41, 5.74) is -0.536. The number of phenolic OH excluding ortho intramolecular Hbond substituents is 1. The molecule has 2 N–H and O–H groups in total. The maximum Gasteiger partial charge on any atom is 0.387 e. The lowest BCUT2D eigenvalue weighted by atomic mass is 9.87. The molecule has 0 aliphatic carbocycles. The quantitative estimate of drug-likeness (QED) is 0.598. The van der Waals surface area contributed by atoms with Gasteiger partial charge in [0.1, 0.15) is 28.7 Å². The van der Waals surface area contributed by atoms with E-state index in [4.69, 9.17) is 0 Å². The molecule has 0 bridgehead atoms. The Hall–Kier alpha value is -2.77. The molecule has 0 fully saturated rings. The van der Waals surface area contributed by atoms with Gasteiger partial charge in [-0.1, -0.05) is 26.8 Å². The molecule has 26 heavy (non-hydrogen) atoms. The zero-order valence-electron chi connectivity index (χ0n) is 14.2. The molecule has 2 rings (SSSR count). The lowest BCUT2D eigenvalue weighted by molar-refractivity contribution is -0.0501. The fraction of sp³-hybridized carbons (Fsp3) is 0.278. The number of hydrogen-bond donors (Lipinski definition) is 2. The van der Waals surface area contributed by atoms with E-state index in [0.29, 0.717) is 12.1 Å². The number of hydrogen-bond acceptors (Lipinski definition) is 3. The van der Waals surface area contributed by atoms with Crippen LogP contribution in [0.15, 0.2) is 30.3 Å². The summed E-state index contributed by atoms with van der Waals surface area (Å²) in [6.45, 7) is 2.47. The van der Waals surface area contributed by atoms with E-state index in [2.05, 4.69) is 10.1 Å². The molecule has 0 aromatic heterocycles. The van der Waals surface area contributed by atoms with Crippen molar-refractivity contribution in [1.29, 1.82) is 0 Å². The molecule has 0 radical (unpaired) electrons. The summed E-state index contributed by atoms with van der Waals surface area (Å²) in [6.07, 6.45) is 0. The summed E-state index contributed by atoms with van der Waals surface area (Å²) in [5.74, 6) is -4.95. The van der Waals surface area contributed by atoms with E-state index in [0.717, 1.165) is 5.56 Å². The average molecular weight is 371 g/mol. The highest BCUT2D eigenvalue weighted by Gasteiger charge is 2.22. The van der Waals surface area contributed by atoms with Gasteiger partial charge in [-0.3, -0.25) is 4.79 Å². The Morgan fingerprint density at radius 1 is 1.12 bits per heavy atom. The minimum absolute atomic E-state index is 0.0332. The normalized spacial score (nSPS) is 11.5. The summed E-state index contributed by atoms with van der Waals surface area (Å²) >= 11 is 0. The third kappa shape index (κ3) is 4.44. The van der Waals surface area contributed by atoms with Crippen molar-refractivity contribution < 1.29 is 32.2 Å². The molecule has 0 aliphatic rings. The number of alkyl halides is 2. The Balaban J connectivity index is 2.34. The average Bonchev–Trinajstić information content (AvgIpc) is 2.46. The van der Waals surface area contributed by atoms with Gasteiger partial charge in [0.2, 0.25) is 0 Å². The molecule has 0 saturated heterocycles. The number of anilines is 1. The molecule has 0 heterocycles. The van der Waals surface area contributed by atoms with Crippen molar-refractivity contribution in [3.05, 3.63) is 53.1 Å². The SMILES string of the molecule is CC(C)(C)c1ccc(O)c(NC(=O)c2c(F)cc(OC(F)F)cc2F)c1. The van der Waals surface area contributed by atoms with Crippen LogP contribution in [0.5, 0.6) is 11.5 Å². The maximum absolute atomic E-state index is 14.0. The second kappa shape index (κ2) is 7.23. The molecule has 1 amide bonds. The highest BCUT2D eigenvalue weighted by molar-refractivity contribution is 6.05. The zero-order valence-corrected chi connectivity index (χ0v) is 14.2. The van der Waals surface area contributed by atoms with Gasteiger partial charge in [0.25, 0.3) is 5.91 Å². The summed E-state index contributed by atoms with van der Waals surface area (Å²) in [6, 6.07) is 5.45. The molecule has 4 nitrogen and oxygen atoms in total. The Bertz CT molecular complexity index is 809. The van der Waals surface area contributed by atoms with E-state index < -0.39 is 35.5 Å². The van der Waals surface area contributed by atoms with Crippen molar-refractivity contribution in [3.63, 3.8) is 0 Å². The third-order valence-electron chi connectivity index (χ3n) is 3.58. The van der Waals surface area contributed by atoms with Crippen molar-refractivity contribution in [2.45, 2.75) is 32.8 Å². The number of ether oxygens (including phenoxy) is 1. The van der Waals surface area contributed by atoms with E-state index in [9.17, 15) is 27.5 Å². The van der Waals surface area contributed by atoms with Gasteiger partial charge in [-0.05, 0) is 23.1 Å². The molecule has 8 heteroatoms. The van der Waals surface area contributed by atoms with E-state index in [1.165, 1.54) is 12.1 Å². The number of nitrogens with one attached hydrogen (secondary N) is 1. The van der Waals surface area contributed by atoms with Crippen LogP contribution in [0.25, 0.3) is 0 Å². The van der Waals surface area contributed by atoms with Crippen LogP contribution in [0.2, 0.25) is 0 Å². The van der Waals surface area contributed by atoms with E-state index >= 15 is 0 Å². The lowest BCUT2D eigenvalue weighted by Gasteiger charge is -2.20. The first-order valence-corrected chi connectivity index (χ1v) is 7.57. The summed E-state index contributed by atoms with van der Waals surface area (Å²) < 4.78 is 56.2. The van der Waals surface area contributed by atoms with Gasteiger partial charge in [0.05, 0.1) is 5.69 Å². The topological polar surface area (TPSA) is 58.6 Å². The number of rotatable bonds is 4. The highest BCUT2D eigenvalue weighted by atomic mass is 19.3. The summed E-state index contributed by atoms with van der Waals surface area (Å²) in [4.78, 5) is 12.2. The maximum atomic E-state index is 14.0. The summed E-state index contributed by atoms with van der Waals surface area (Å²) in [7, 11) is 0. The number of halogens is 4. The number of carbonyl (C=O) groups excluding carboxylic acids is 1. The molecule has 0 saturated carbocycles. The van der Waals surface area contributed by atoms with Crippen LogP contribution >= 0.6 is 0 Å². The van der Waals surface area contributed by atoms with Crippen LogP contribution in [-0.4, -0.2) is 17.6 Å². The highest BCUT2D eigenvalue weighted by Crippen LogP contribution is 2.31. The molecule has 0 aliphatic heterocycles. The monoisotopic (exact) mass is 371 g/mol. The van der Waals surface area contributed by atoms with Crippen molar-refractivity contribution in [1.82, 2.24) is 0 Å². The van der Waals surface area contributed by atoms with Crippen molar-refractivity contribution in [3.8, 4) is 11.5 Å². The first-order valence-electron chi connectivity index (χ1n) is 7.57. The Morgan fingerprint density at radius 3 is 2.19 bits per heavy atom. The van der Waals surface area contributed by atoms with Crippen molar-refractivity contribution in [2.75, 3.05) is 5.32 Å². The molecule has 0 unspecified atom stereocenters. The number of phenols is 1. The Morgan fingerprint density at radius 2 is 1.69 bits per heavy atom. The van der Waals surface area contributed by atoms with Crippen molar-refractivity contribution >= 4 is 11.6 Å². The van der Waals surface area contributed by atoms with Crippen LogP contribution in [0.1, 0.15) is 36.7 Å². The second-order valence-corrected chi connectivity index (χ2v) is 6.58. The molecule has 2 aromatic rings. The van der Waals surface area contributed by atoms with E-state index in [1.54, 1.807) is 6.07 Å². The lowest BCUT2D eigenvalue weighted by Crippen LogP contribution is -2.18. The first-order chi connectivity index (χ1) is 12.0. The minimum atomic E-state index is -3.26. The van der Waals surface area contributed by atoms with Crippen LogP contribution in [-0.2, 0) is 5.41 Å². The van der Waals surface area contributed by atoms with Gasteiger partial charge in [-0.2, -0.15) is 8.78 Å². The Kier molecular flexibility index (Phi) is 5.44. The van der Waals surface area contributed by atoms with E-state index in [1.807, 2.05) is 20.8 Å². The van der Waals surface area contributed by atoms with Crippen LogP contribution in [0.3, 0.4) is 0 Å². The summed E-state index contributed by atoms with van der Waals surface area (Å²) in [5, 5.41) is 12.1. The van der Waals surface area contributed by atoms with Gasteiger partial charge in [-0.15, -0.1) is 0 Å². The number of amides is 1. The number of aromatic hydroxyl groups is 1. The largest absolute Gasteiger partial charge is 0.506 e. The minimum Gasteiger partial charge on any atom is -0.506 e. The first kappa shape index (κ1) is 19.6. The van der Waals surface area contributed by atoms with Gasteiger partial charge < -0.3 is 15.2 Å². The predicted octanol–water partition coefficient (Wildman–Crippen LogP) is 4.82. The molecule has 140 valence electrons. The Labute approximate surface area is 147 Å².